The number of para-hydroxylation sites is 1. The summed E-state index contributed by atoms with van der Waals surface area (Å²) in [5.41, 5.74) is 1.01. The van der Waals surface area contributed by atoms with Gasteiger partial charge in [-0.2, -0.15) is 0 Å². The molecule has 5 nitrogen and oxygen atoms in total. The van der Waals surface area contributed by atoms with E-state index in [4.69, 9.17) is 4.74 Å². The molecule has 1 heterocycles. The molecule has 2 aromatic rings. The van der Waals surface area contributed by atoms with Crippen LogP contribution in [0.1, 0.15) is 12.8 Å². The first-order valence-electron chi connectivity index (χ1n) is 5.82. The Balaban J connectivity index is 2.15. The molecule has 0 aliphatic rings. The topological polar surface area (TPSA) is 53.4 Å². The fraction of sp³-hybridized carbons (Fsp3) is 0.385. The average Bonchev–Trinajstić information content (AvgIpc) is 2.77. The van der Waals surface area contributed by atoms with E-state index in [1.54, 1.807) is 7.11 Å². The molecule has 2 rings (SSSR count). The molecule has 18 heavy (non-hydrogen) atoms. The summed E-state index contributed by atoms with van der Waals surface area (Å²) in [7, 11) is 3.00. The van der Waals surface area contributed by atoms with Gasteiger partial charge in [-0.3, -0.25) is 9.48 Å². The third-order valence-electron chi connectivity index (χ3n) is 2.80. The van der Waals surface area contributed by atoms with E-state index in [9.17, 15) is 4.79 Å². The first-order chi connectivity index (χ1) is 8.76. The van der Waals surface area contributed by atoms with Crippen LogP contribution in [0, 0.1) is 0 Å². The number of carbonyl (C=O) groups is 1. The highest BCUT2D eigenvalue weighted by molar-refractivity contribution is 5.84. The number of fused-ring (bicyclic) bond motifs is 1. The smallest absolute Gasteiger partial charge is 0.305 e. The number of aryl methyl sites for hydroxylation is 1. The molecule has 1 aromatic heterocycles. The van der Waals surface area contributed by atoms with E-state index >= 15 is 0 Å². The summed E-state index contributed by atoms with van der Waals surface area (Å²) in [5.74, 6) is 0.419. The van der Waals surface area contributed by atoms with Gasteiger partial charge in [-0.15, -0.1) is 5.10 Å². The van der Waals surface area contributed by atoms with Crippen LogP contribution >= 0.6 is 0 Å². The zero-order valence-corrected chi connectivity index (χ0v) is 10.5. The van der Waals surface area contributed by atoms with Crippen LogP contribution in [0.15, 0.2) is 24.3 Å². The second-order valence-electron chi connectivity index (χ2n) is 3.93. The minimum atomic E-state index is -0.196. The molecule has 0 saturated carbocycles. The third-order valence-corrected chi connectivity index (χ3v) is 2.80. The SMILES string of the molecule is COC(=O)CCCn1nc(OC)c2ccccc21. The Hall–Kier alpha value is -2.04. The number of methoxy groups -OCH3 is 2. The molecule has 96 valence electrons. The fourth-order valence-electron chi connectivity index (χ4n) is 1.89. The zero-order chi connectivity index (χ0) is 13.0. The van der Waals surface area contributed by atoms with Crippen LogP contribution < -0.4 is 4.74 Å². The van der Waals surface area contributed by atoms with Crippen LogP contribution in [0.3, 0.4) is 0 Å². The Morgan fingerprint density at radius 3 is 2.83 bits per heavy atom. The Bertz CT molecular complexity index is 548. The second-order valence-corrected chi connectivity index (χ2v) is 3.93. The van der Waals surface area contributed by atoms with E-state index < -0.39 is 0 Å². The van der Waals surface area contributed by atoms with Crippen LogP contribution in [0.25, 0.3) is 10.9 Å². The van der Waals surface area contributed by atoms with E-state index in [2.05, 4.69) is 9.84 Å². The number of benzene rings is 1. The number of nitrogens with zero attached hydrogens (tertiary/aromatic N) is 2. The van der Waals surface area contributed by atoms with Gasteiger partial charge in [0.1, 0.15) is 0 Å². The quantitative estimate of drug-likeness (QED) is 0.759. The van der Waals surface area contributed by atoms with Crippen molar-refractivity contribution in [2.75, 3.05) is 14.2 Å². The first-order valence-corrected chi connectivity index (χ1v) is 5.82. The summed E-state index contributed by atoms with van der Waals surface area (Å²) in [6, 6.07) is 7.87. The first kappa shape index (κ1) is 12.4. The van der Waals surface area contributed by atoms with Gasteiger partial charge >= 0.3 is 5.97 Å². The Morgan fingerprint density at radius 2 is 2.11 bits per heavy atom. The number of hydrogen-bond donors (Lipinski definition) is 0. The predicted octanol–water partition coefficient (Wildman–Crippen LogP) is 2.00. The second kappa shape index (κ2) is 5.53. The van der Waals surface area contributed by atoms with E-state index in [0.717, 1.165) is 10.9 Å². The highest BCUT2D eigenvalue weighted by atomic mass is 16.5. The fourth-order valence-corrected chi connectivity index (χ4v) is 1.89. The van der Waals surface area contributed by atoms with Crippen molar-refractivity contribution in [3.8, 4) is 5.88 Å². The normalized spacial score (nSPS) is 10.6. The molecule has 0 atom stereocenters. The van der Waals surface area contributed by atoms with Crippen molar-refractivity contribution >= 4 is 16.9 Å². The van der Waals surface area contributed by atoms with Crippen LogP contribution in [-0.2, 0) is 16.1 Å². The Kier molecular flexibility index (Phi) is 3.82. The predicted molar refractivity (Wildman–Crippen MR) is 67.5 cm³/mol. The van der Waals surface area contributed by atoms with Crippen molar-refractivity contribution in [3.05, 3.63) is 24.3 Å². The molecule has 0 fully saturated rings. The summed E-state index contributed by atoms with van der Waals surface area (Å²) in [4.78, 5) is 11.1. The summed E-state index contributed by atoms with van der Waals surface area (Å²) >= 11 is 0. The van der Waals surface area contributed by atoms with Gasteiger partial charge in [0, 0.05) is 13.0 Å². The monoisotopic (exact) mass is 248 g/mol. The number of esters is 1. The average molecular weight is 248 g/mol. The van der Waals surface area contributed by atoms with Gasteiger partial charge in [0.15, 0.2) is 0 Å². The molecule has 0 unspecified atom stereocenters. The number of aromatic nitrogens is 2. The van der Waals surface area contributed by atoms with E-state index in [-0.39, 0.29) is 5.97 Å². The summed E-state index contributed by atoms with van der Waals surface area (Å²) in [6.07, 6.45) is 1.09. The summed E-state index contributed by atoms with van der Waals surface area (Å²) in [5, 5.41) is 5.36. The molecule has 0 radical (unpaired) electrons. The molecular weight excluding hydrogens is 232 g/mol. The van der Waals surface area contributed by atoms with Crippen molar-refractivity contribution in [1.29, 1.82) is 0 Å². The van der Waals surface area contributed by atoms with Gasteiger partial charge in [0.25, 0.3) is 0 Å². The van der Waals surface area contributed by atoms with Crippen molar-refractivity contribution in [2.24, 2.45) is 0 Å². The van der Waals surface area contributed by atoms with E-state index in [1.807, 2.05) is 28.9 Å². The molecule has 5 heteroatoms. The van der Waals surface area contributed by atoms with Crippen molar-refractivity contribution < 1.29 is 14.3 Å². The van der Waals surface area contributed by atoms with Gasteiger partial charge < -0.3 is 9.47 Å². The number of carbonyl (C=O) groups excluding carboxylic acids is 1. The van der Waals surface area contributed by atoms with Gasteiger partial charge in [-0.05, 0) is 18.6 Å². The van der Waals surface area contributed by atoms with Crippen molar-refractivity contribution in [3.63, 3.8) is 0 Å². The molecule has 1 aromatic carbocycles. The number of ether oxygens (including phenoxy) is 2. The maximum absolute atomic E-state index is 11.1. The lowest BCUT2D eigenvalue weighted by atomic mass is 10.2. The molecule has 0 aliphatic carbocycles. The van der Waals surface area contributed by atoms with Gasteiger partial charge in [0.2, 0.25) is 5.88 Å². The lowest BCUT2D eigenvalue weighted by Crippen LogP contribution is -2.05. The summed E-state index contributed by atoms with van der Waals surface area (Å²) in [6.45, 7) is 0.666. The van der Waals surface area contributed by atoms with Crippen molar-refractivity contribution in [2.45, 2.75) is 19.4 Å². The maximum Gasteiger partial charge on any atom is 0.305 e. The van der Waals surface area contributed by atoms with Crippen LogP contribution in [0.4, 0.5) is 0 Å². The van der Waals surface area contributed by atoms with Crippen LogP contribution in [0.5, 0.6) is 5.88 Å². The molecule has 0 saturated heterocycles. The highest BCUT2D eigenvalue weighted by Crippen LogP contribution is 2.24. The van der Waals surface area contributed by atoms with Crippen LogP contribution in [-0.4, -0.2) is 30.0 Å². The third kappa shape index (κ3) is 2.45. The van der Waals surface area contributed by atoms with Crippen molar-refractivity contribution in [1.82, 2.24) is 9.78 Å². The van der Waals surface area contributed by atoms with E-state index in [0.29, 0.717) is 25.3 Å². The van der Waals surface area contributed by atoms with E-state index in [1.165, 1.54) is 7.11 Å². The number of hydrogen-bond acceptors (Lipinski definition) is 4. The molecule has 0 amide bonds. The molecule has 0 aliphatic heterocycles. The molecule has 0 bridgehead atoms. The molecule has 0 spiro atoms. The maximum atomic E-state index is 11.1. The standard InChI is InChI=1S/C13H16N2O3/c1-17-12(16)8-5-9-15-11-7-4-3-6-10(11)13(14-15)18-2/h3-4,6-7H,5,8-9H2,1-2H3. The lowest BCUT2D eigenvalue weighted by Gasteiger charge is -2.02. The van der Waals surface area contributed by atoms with Crippen LogP contribution in [0.2, 0.25) is 0 Å². The highest BCUT2D eigenvalue weighted by Gasteiger charge is 2.10. The minimum Gasteiger partial charge on any atom is -0.479 e. The Labute approximate surface area is 105 Å². The molecule has 0 N–H and O–H groups in total. The lowest BCUT2D eigenvalue weighted by molar-refractivity contribution is -0.140. The van der Waals surface area contributed by atoms with Gasteiger partial charge in [-0.25, -0.2) is 0 Å². The Morgan fingerprint density at radius 1 is 1.33 bits per heavy atom. The largest absolute Gasteiger partial charge is 0.479 e. The zero-order valence-electron chi connectivity index (χ0n) is 10.5. The minimum absolute atomic E-state index is 0.196. The summed E-state index contributed by atoms with van der Waals surface area (Å²) < 4.78 is 11.7. The number of rotatable bonds is 5. The van der Waals surface area contributed by atoms with Gasteiger partial charge in [-0.1, -0.05) is 12.1 Å². The van der Waals surface area contributed by atoms with Gasteiger partial charge in [0.05, 0.1) is 25.1 Å². The molecular formula is C13H16N2O3.